The first kappa shape index (κ1) is 14.7. The average Bonchev–Trinajstić information content (AvgIpc) is 2.92. The monoisotopic (exact) mass is 312 g/mol. The van der Waals surface area contributed by atoms with Crippen LogP contribution < -0.4 is 10.6 Å². The number of para-hydroxylation sites is 1. The maximum absolute atomic E-state index is 6.46. The van der Waals surface area contributed by atoms with Gasteiger partial charge in [-0.3, -0.25) is 0 Å². The second kappa shape index (κ2) is 5.06. The maximum Gasteiger partial charge on any atom is 0.228 e. The Balaban J connectivity index is 1.74. The van der Waals surface area contributed by atoms with Gasteiger partial charge >= 0.3 is 0 Å². The molecule has 1 spiro atoms. The van der Waals surface area contributed by atoms with Crippen LogP contribution in [0, 0.1) is 0 Å². The van der Waals surface area contributed by atoms with E-state index in [-0.39, 0.29) is 11.2 Å². The molecule has 2 fully saturated rings. The molecule has 122 valence electrons. The number of nitrogens with zero attached hydrogens (tertiary/aromatic N) is 3. The molecule has 2 aliphatic rings. The zero-order valence-corrected chi connectivity index (χ0v) is 13.9. The molecule has 4 rings (SSSR count). The number of rotatable bonds is 1. The van der Waals surface area contributed by atoms with Crippen molar-refractivity contribution in [2.75, 3.05) is 23.7 Å². The minimum absolute atomic E-state index is 0.0501. The van der Waals surface area contributed by atoms with E-state index in [1.54, 1.807) is 0 Å². The van der Waals surface area contributed by atoms with Crippen LogP contribution in [0.5, 0.6) is 0 Å². The van der Waals surface area contributed by atoms with Gasteiger partial charge in [0.2, 0.25) is 5.95 Å². The molecule has 5 nitrogen and oxygen atoms in total. The highest BCUT2D eigenvalue weighted by Gasteiger charge is 2.46. The summed E-state index contributed by atoms with van der Waals surface area (Å²) < 4.78 is 6.46. The van der Waals surface area contributed by atoms with Gasteiger partial charge in [-0.25, -0.2) is 4.98 Å². The Morgan fingerprint density at radius 1 is 1.09 bits per heavy atom. The Bertz CT molecular complexity index is 737. The third kappa shape index (κ3) is 2.63. The van der Waals surface area contributed by atoms with Crippen LogP contribution in [0.2, 0.25) is 0 Å². The number of hydrogen-bond acceptors (Lipinski definition) is 5. The standard InChI is InChI=1S/C18H24N4O/c1-17(2)11-22(12-18(23-17)9-5-6-10-18)16-20-14-8-4-3-7-13(14)15(19)21-16/h3-4,7-8H,5-6,9-12H2,1-2H3,(H2,19,20,21). The van der Waals surface area contributed by atoms with Gasteiger partial charge in [0.1, 0.15) is 5.82 Å². The normalized spacial score (nSPS) is 22.8. The van der Waals surface area contributed by atoms with Crippen LogP contribution in [0.15, 0.2) is 24.3 Å². The van der Waals surface area contributed by atoms with Crippen LogP contribution in [0.4, 0.5) is 11.8 Å². The molecule has 0 radical (unpaired) electrons. The average molecular weight is 312 g/mol. The van der Waals surface area contributed by atoms with Crippen molar-refractivity contribution < 1.29 is 4.74 Å². The molecular formula is C18H24N4O. The molecule has 0 atom stereocenters. The lowest BCUT2D eigenvalue weighted by molar-refractivity contribution is -0.148. The molecular weight excluding hydrogens is 288 g/mol. The highest BCUT2D eigenvalue weighted by molar-refractivity contribution is 5.88. The minimum atomic E-state index is -0.202. The molecule has 2 heterocycles. The largest absolute Gasteiger partial charge is 0.383 e. The summed E-state index contributed by atoms with van der Waals surface area (Å²) in [5, 5.41) is 0.916. The van der Waals surface area contributed by atoms with Crippen LogP contribution in [-0.4, -0.2) is 34.3 Å². The number of fused-ring (bicyclic) bond motifs is 1. The van der Waals surface area contributed by atoms with Crippen molar-refractivity contribution in [3.8, 4) is 0 Å². The van der Waals surface area contributed by atoms with Gasteiger partial charge in [-0.05, 0) is 38.8 Å². The fraction of sp³-hybridized carbons (Fsp3) is 0.556. The zero-order valence-electron chi connectivity index (χ0n) is 13.9. The van der Waals surface area contributed by atoms with E-state index in [2.05, 4.69) is 23.7 Å². The molecule has 0 amide bonds. The number of benzene rings is 1. The Morgan fingerprint density at radius 3 is 2.61 bits per heavy atom. The van der Waals surface area contributed by atoms with E-state index in [9.17, 15) is 0 Å². The van der Waals surface area contributed by atoms with Gasteiger partial charge in [0.15, 0.2) is 0 Å². The van der Waals surface area contributed by atoms with Crippen LogP contribution in [0.1, 0.15) is 39.5 Å². The van der Waals surface area contributed by atoms with E-state index in [0.717, 1.165) is 42.8 Å². The predicted molar refractivity (Wildman–Crippen MR) is 92.5 cm³/mol. The molecule has 1 aromatic heterocycles. The third-order valence-electron chi connectivity index (χ3n) is 4.96. The molecule has 1 saturated carbocycles. The van der Waals surface area contributed by atoms with Gasteiger partial charge in [0.05, 0.1) is 23.3 Å². The van der Waals surface area contributed by atoms with Crippen LogP contribution >= 0.6 is 0 Å². The fourth-order valence-electron chi connectivity index (χ4n) is 4.16. The molecule has 23 heavy (non-hydrogen) atoms. The van der Waals surface area contributed by atoms with Crippen molar-refractivity contribution >= 4 is 22.7 Å². The minimum Gasteiger partial charge on any atom is -0.383 e. The predicted octanol–water partition coefficient (Wildman–Crippen LogP) is 3.14. The zero-order chi connectivity index (χ0) is 16.1. The Morgan fingerprint density at radius 2 is 1.83 bits per heavy atom. The lowest BCUT2D eigenvalue weighted by Crippen LogP contribution is -2.59. The summed E-state index contributed by atoms with van der Waals surface area (Å²) in [6, 6.07) is 7.91. The van der Waals surface area contributed by atoms with Crippen LogP contribution in [0.25, 0.3) is 10.9 Å². The van der Waals surface area contributed by atoms with Gasteiger partial charge in [-0.1, -0.05) is 25.0 Å². The topological polar surface area (TPSA) is 64.3 Å². The Labute approximate surface area is 136 Å². The number of anilines is 2. The summed E-state index contributed by atoms with van der Waals surface area (Å²) >= 11 is 0. The van der Waals surface area contributed by atoms with Gasteiger partial charge in [-0.15, -0.1) is 0 Å². The van der Waals surface area contributed by atoms with Crippen molar-refractivity contribution in [3.05, 3.63) is 24.3 Å². The molecule has 1 aromatic carbocycles. The van der Waals surface area contributed by atoms with E-state index < -0.39 is 0 Å². The first-order valence-electron chi connectivity index (χ1n) is 8.44. The third-order valence-corrected chi connectivity index (χ3v) is 4.96. The van der Waals surface area contributed by atoms with Crippen molar-refractivity contribution in [2.24, 2.45) is 0 Å². The van der Waals surface area contributed by atoms with E-state index >= 15 is 0 Å². The van der Waals surface area contributed by atoms with Gasteiger partial charge < -0.3 is 15.4 Å². The van der Waals surface area contributed by atoms with Crippen molar-refractivity contribution in [3.63, 3.8) is 0 Å². The number of ether oxygens (including phenoxy) is 1. The second-order valence-electron chi connectivity index (χ2n) is 7.53. The Kier molecular flexibility index (Phi) is 3.23. The maximum atomic E-state index is 6.46. The van der Waals surface area contributed by atoms with E-state index in [1.165, 1.54) is 12.8 Å². The molecule has 0 unspecified atom stereocenters. The fourth-order valence-corrected chi connectivity index (χ4v) is 4.16. The van der Waals surface area contributed by atoms with Crippen molar-refractivity contribution in [1.82, 2.24) is 9.97 Å². The first-order valence-corrected chi connectivity index (χ1v) is 8.44. The highest BCUT2D eigenvalue weighted by atomic mass is 16.5. The smallest absolute Gasteiger partial charge is 0.228 e. The summed E-state index contributed by atoms with van der Waals surface area (Å²) in [6.07, 6.45) is 4.72. The Hall–Kier alpha value is -1.88. The quantitative estimate of drug-likeness (QED) is 0.876. The summed E-state index contributed by atoms with van der Waals surface area (Å²) in [5.74, 6) is 1.28. The number of nitrogens with two attached hydrogens (primary N) is 1. The molecule has 1 saturated heterocycles. The van der Waals surface area contributed by atoms with Crippen molar-refractivity contribution in [1.29, 1.82) is 0 Å². The number of hydrogen-bond donors (Lipinski definition) is 1. The summed E-state index contributed by atoms with van der Waals surface area (Å²) in [7, 11) is 0. The van der Waals surface area contributed by atoms with Crippen molar-refractivity contribution in [2.45, 2.75) is 50.7 Å². The molecule has 1 aliphatic heterocycles. The first-order chi connectivity index (χ1) is 11.0. The number of nitrogen functional groups attached to an aromatic ring is 1. The van der Waals surface area contributed by atoms with Crippen LogP contribution in [-0.2, 0) is 4.74 Å². The van der Waals surface area contributed by atoms with Gasteiger partial charge in [0.25, 0.3) is 0 Å². The lowest BCUT2D eigenvalue weighted by atomic mass is 9.94. The van der Waals surface area contributed by atoms with Gasteiger partial charge in [-0.2, -0.15) is 4.98 Å². The second-order valence-corrected chi connectivity index (χ2v) is 7.53. The number of aromatic nitrogens is 2. The summed E-state index contributed by atoms with van der Waals surface area (Å²) in [5.41, 5.74) is 6.82. The van der Waals surface area contributed by atoms with E-state index in [4.69, 9.17) is 15.5 Å². The summed E-state index contributed by atoms with van der Waals surface area (Å²) in [6.45, 7) is 5.95. The lowest BCUT2D eigenvalue weighted by Gasteiger charge is -2.48. The number of morpholine rings is 1. The molecule has 2 aromatic rings. The highest BCUT2D eigenvalue weighted by Crippen LogP contribution is 2.41. The molecule has 2 N–H and O–H groups in total. The SMILES string of the molecule is CC1(C)CN(c2nc(N)c3ccccc3n2)CC2(CCCC2)O1. The molecule has 5 heteroatoms. The molecule has 1 aliphatic carbocycles. The molecule has 0 bridgehead atoms. The van der Waals surface area contributed by atoms with Crippen LogP contribution in [0.3, 0.4) is 0 Å². The summed E-state index contributed by atoms with van der Waals surface area (Å²) in [4.78, 5) is 11.6. The van der Waals surface area contributed by atoms with E-state index in [1.807, 2.05) is 24.3 Å². The van der Waals surface area contributed by atoms with Gasteiger partial charge in [0, 0.05) is 11.9 Å². The van der Waals surface area contributed by atoms with E-state index in [0.29, 0.717) is 5.82 Å².